The smallest absolute Gasteiger partial charge is 0.616 e. The zero-order chi connectivity index (χ0) is 13.4. The van der Waals surface area contributed by atoms with Crippen molar-refractivity contribution in [2.75, 3.05) is 14.2 Å². The molecule has 4 nitrogen and oxygen atoms in total. The molecule has 0 saturated carbocycles. The number of rotatable bonds is 2. The van der Waals surface area contributed by atoms with Crippen molar-refractivity contribution >= 4 is 0 Å². The van der Waals surface area contributed by atoms with Gasteiger partial charge in [-0.25, -0.2) is 0 Å². The predicted molar refractivity (Wildman–Crippen MR) is 64.6 cm³/mol. The third-order valence-electron chi connectivity index (χ3n) is 2.17. The second-order valence-electron chi connectivity index (χ2n) is 3.33. The summed E-state index contributed by atoms with van der Waals surface area (Å²) in [5.41, 5.74) is 1.22. The third kappa shape index (κ3) is 5.53. The third-order valence-corrected chi connectivity index (χ3v) is 2.17. The summed E-state index contributed by atoms with van der Waals surface area (Å²) < 4.78 is 8.91. The molecule has 0 radical (unpaired) electrons. The number of methoxy groups -OCH3 is 2. The van der Waals surface area contributed by atoms with E-state index in [4.69, 9.17) is 0 Å². The van der Waals surface area contributed by atoms with E-state index >= 15 is 0 Å². The van der Waals surface area contributed by atoms with Crippen LogP contribution in [0, 0.1) is 0 Å². The normalized spacial score (nSPS) is 13.8. The summed E-state index contributed by atoms with van der Waals surface area (Å²) in [7, 11) is 2.74. The van der Waals surface area contributed by atoms with E-state index in [1.54, 1.807) is 48.6 Å². The van der Waals surface area contributed by atoms with E-state index in [2.05, 4.69) is 9.47 Å². The monoisotopic (exact) mass is 304 g/mol. The van der Waals surface area contributed by atoms with Crippen molar-refractivity contribution in [3.8, 4) is 0 Å². The summed E-state index contributed by atoms with van der Waals surface area (Å²) in [4.78, 5) is 0. The fraction of sp³-hybridized carbons (Fsp3) is 0.143. The average molecular weight is 305 g/mol. The number of allylic oxidation sites excluding steroid dienone is 10. The van der Waals surface area contributed by atoms with E-state index in [1.165, 1.54) is 14.2 Å². The summed E-state index contributed by atoms with van der Waals surface area (Å²) in [6.07, 6.45) is 14.0. The maximum absolute atomic E-state index is 10.7. The van der Waals surface area contributed by atoms with Gasteiger partial charge in [-0.1, -0.05) is 48.6 Å². The fourth-order valence-electron chi connectivity index (χ4n) is 1.26. The van der Waals surface area contributed by atoms with Crippen LogP contribution in [0.1, 0.15) is 0 Å². The van der Waals surface area contributed by atoms with Gasteiger partial charge in [0.05, 0.1) is 11.9 Å². The van der Waals surface area contributed by atoms with Crippen LogP contribution in [0.5, 0.6) is 0 Å². The number of hydrogen-bond acceptors (Lipinski definition) is 4. The molecular formula is C14H14NiO4. The molecule has 0 saturated heterocycles. The SMILES string of the molecule is COC([O-])=C1C=CC=C1.COC([O-])=C1C=CC=C1.[Ni+2]. The first-order chi connectivity index (χ1) is 8.69. The molecule has 0 heterocycles. The molecule has 0 atom stereocenters. The van der Waals surface area contributed by atoms with Crippen LogP contribution in [0.25, 0.3) is 0 Å². The molecule has 2 aliphatic carbocycles. The Bertz CT molecular complexity index is 396. The van der Waals surface area contributed by atoms with Crippen molar-refractivity contribution < 1.29 is 36.2 Å². The van der Waals surface area contributed by atoms with Crippen LogP contribution in [0.4, 0.5) is 0 Å². The Balaban J connectivity index is 0.000000324. The predicted octanol–water partition coefficient (Wildman–Crippen LogP) is 0.659. The molecule has 0 unspecified atom stereocenters. The summed E-state index contributed by atoms with van der Waals surface area (Å²) in [5, 5.41) is 21.3. The Hall–Kier alpha value is -1.87. The van der Waals surface area contributed by atoms with Gasteiger partial charge in [0.1, 0.15) is 0 Å². The van der Waals surface area contributed by atoms with Gasteiger partial charge >= 0.3 is 16.5 Å². The number of ether oxygens (including phenoxy) is 2. The van der Waals surface area contributed by atoms with Gasteiger partial charge < -0.3 is 19.7 Å². The second kappa shape index (κ2) is 9.12. The molecule has 0 fully saturated rings. The Kier molecular flexibility index (Phi) is 8.22. The van der Waals surface area contributed by atoms with Crippen LogP contribution in [-0.2, 0) is 26.0 Å². The van der Waals surface area contributed by atoms with Crippen molar-refractivity contribution in [3.05, 3.63) is 71.6 Å². The van der Waals surface area contributed by atoms with E-state index < -0.39 is 0 Å². The Morgan fingerprint density at radius 3 is 1.21 bits per heavy atom. The summed E-state index contributed by atoms with van der Waals surface area (Å²) in [5.74, 6) is -0.556. The first-order valence-electron chi connectivity index (χ1n) is 5.29. The van der Waals surface area contributed by atoms with E-state index in [-0.39, 0.29) is 28.4 Å². The van der Waals surface area contributed by atoms with Gasteiger partial charge in [-0.3, -0.25) is 0 Å². The number of hydrogen-bond donors (Lipinski definition) is 0. The van der Waals surface area contributed by atoms with Crippen molar-refractivity contribution in [2.45, 2.75) is 0 Å². The van der Waals surface area contributed by atoms with Crippen LogP contribution in [0.15, 0.2) is 71.6 Å². The largest absolute Gasteiger partial charge is 2.00 e. The molecule has 0 aromatic heterocycles. The van der Waals surface area contributed by atoms with Crippen molar-refractivity contribution in [1.29, 1.82) is 0 Å². The van der Waals surface area contributed by atoms with E-state index in [0.29, 0.717) is 11.1 Å². The van der Waals surface area contributed by atoms with Crippen LogP contribution >= 0.6 is 0 Å². The quantitative estimate of drug-likeness (QED) is 0.555. The molecule has 0 aliphatic heterocycles. The topological polar surface area (TPSA) is 64.6 Å². The molecule has 0 aromatic rings. The minimum atomic E-state index is -0.278. The summed E-state index contributed by atoms with van der Waals surface area (Å²) in [6, 6.07) is 0. The maximum atomic E-state index is 10.7. The fourth-order valence-corrected chi connectivity index (χ4v) is 1.26. The molecule has 0 amide bonds. The first-order valence-corrected chi connectivity index (χ1v) is 5.29. The Morgan fingerprint density at radius 1 is 0.737 bits per heavy atom. The second-order valence-corrected chi connectivity index (χ2v) is 3.33. The van der Waals surface area contributed by atoms with Crippen molar-refractivity contribution in [1.82, 2.24) is 0 Å². The van der Waals surface area contributed by atoms with Gasteiger partial charge in [-0.05, 0) is 25.4 Å². The van der Waals surface area contributed by atoms with Crippen molar-refractivity contribution in [2.24, 2.45) is 0 Å². The van der Waals surface area contributed by atoms with Gasteiger partial charge in [0.25, 0.3) is 0 Å². The minimum absolute atomic E-state index is 0. The molecule has 0 N–H and O–H groups in total. The minimum Gasteiger partial charge on any atom is -0.616 e. The van der Waals surface area contributed by atoms with Crippen molar-refractivity contribution in [3.63, 3.8) is 0 Å². The molecule has 0 spiro atoms. The van der Waals surface area contributed by atoms with E-state index in [1.807, 2.05) is 0 Å². The van der Waals surface area contributed by atoms with Gasteiger partial charge in [-0.15, -0.1) is 0 Å². The van der Waals surface area contributed by atoms with Gasteiger partial charge in [0.15, 0.2) is 0 Å². The Morgan fingerprint density at radius 2 is 1.00 bits per heavy atom. The molecular weight excluding hydrogens is 291 g/mol. The van der Waals surface area contributed by atoms with Gasteiger partial charge in [-0.2, -0.15) is 0 Å². The van der Waals surface area contributed by atoms with Crippen LogP contribution in [-0.4, -0.2) is 14.2 Å². The van der Waals surface area contributed by atoms with Crippen LogP contribution in [0.3, 0.4) is 0 Å². The summed E-state index contributed by atoms with van der Waals surface area (Å²) >= 11 is 0. The van der Waals surface area contributed by atoms with Crippen LogP contribution in [0.2, 0.25) is 0 Å². The molecule has 0 aromatic carbocycles. The van der Waals surface area contributed by atoms with Crippen LogP contribution < -0.4 is 10.2 Å². The summed E-state index contributed by atoms with van der Waals surface area (Å²) in [6.45, 7) is 0. The van der Waals surface area contributed by atoms with Gasteiger partial charge in [0, 0.05) is 0 Å². The zero-order valence-corrected chi connectivity index (χ0v) is 11.6. The molecule has 5 heteroatoms. The average Bonchev–Trinajstić information content (AvgIpc) is 3.09. The zero-order valence-electron chi connectivity index (χ0n) is 10.6. The Labute approximate surface area is 122 Å². The van der Waals surface area contributed by atoms with Gasteiger partial charge in [0.2, 0.25) is 0 Å². The molecule has 104 valence electrons. The molecule has 2 aliphatic rings. The molecule has 19 heavy (non-hydrogen) atoms. The molecule has 0 bridgehead atoms. The van der Waals surface area contributed by atoms with E-state index in [9.17, 15) is 10.2 Å². The van der Waals surface area contributed by atoms with E-state index in [0.717, 1.165) is 0 Å². The molecule has 2 rings (SSSR count). The first kappa shape index (κ1) is 17.1. The maximum Gasteiger partial charge on any atom is 2.00 e. The standard InChI is InChI=1S/2C7H8O2.Ni/c2*1-9-7(8)6-4-2-3-5-6;/h2*2-5,8H,1H3;/q;;+2/p-2.